The summed E-state index contributed by atoms with van der Waals surface area (Å²) in [5.74, 6) is 1.05. The van der Waals surface area contributed by atoms with Crippen LogP contribution < -0.4 is 24.2 Å². The number of hydrogen-bond acceptors (Lipinski definition) is 6. The molecule has 186 valence electrons. The van der Waals surface area contributed by atoms with Gasteiger partial charge >= 0.3 is 0 Å². The molecule has 0 heterocycles. The molecule has 8 nitrogen and oxygen atoms in total. The minimum Gasteiger partial charge on any atom is -0.494 e. The molecular formula is C26H30N2O6S. The van der Waals surface area contributed by atoms with E-state index < -0.39 is 22.0 Å². The Morgan fingerprint density at radius 1 is 0.914 bits per heavy atom. The number of methoxy groups -OCH3 is 2. The van der Waals surface area contributed by atoms with Crippen LogP contribution in [-0.4, -0.2) is 41.2 Å². The molecule has 0 aromatic heterocycles. The fourth-order valence-electron chi connectivity index (χ4n) is 3.54. The standard InChI is InChI=1S/C26H30N2O6S/c1-5-34-23-14-12-21(15-18(23)2)35(30,31)28-22(16-19-9-7-6-8-10-19)26(29)27-20-11-13-24(32-3)25(17-20)33-4/h6-15,17,22,28H,5,16H2,1-4H3,(H,27,29)/t22-/m0/s1. The summed E-state index contributed by atoms with van der Waals surface area (Å²) in [6.45, 7) is 4.10. The zero-order chi connectivity index (χ0) is 25.4. The molecule has 0 unspecified atom stereocenters. The first-order chi connectivity index (χ1) is 16.8. The highest BCUT2D eigenvalue weighted by Gasteiger charge is 2.27. The van der Waals surface area contributed by atoms with E-state index in [-0.39, 0.29) is 11.3 Å². The largest absolute Gasteiger partial charge is 0.494 e. The molecule has 35 heavy (non-hydrogen) atoms. The van der Waals surface area contributed by atoms with Gasteiger partial charge in [0.15, 0.2) is 11.5 Å². The smallest absolute Gasteiger partial charge is 0.242 e. The van der Waals surface area contributed by atoms with Gasteiger partial charge in [-0.3, -0.25) is 4.79 Å². The van der Waals surface area contributed by atoms with Crippen LogP contribution in [0.25, 0.3) is 0 Å². The summed E-state index contributed by atoms with van der Waals surface area (Å²) in [5.41, 5.74) is 1.94. The van der Waals surface area contributed by atoms with Crippen molar-refractivity contribution in [2.75, 3.05) is 26.1 Å². The average molecular weight is 499 g/mol. The second-order valence-corrected chi connectivity index (χ2v) is 9.50. The van der Waals surface area contributed by atoms with Gasteiger partial charge in [0.2, 0.25) is 15.9 Å². The van der Waals surface area contributed by atoms with Crippen LogP contribution in [0.4, 0.5) is 5.69 Å². The number of rotatable bonds is 11. The van der Waals surface area contributed by atoms with E-state index in [1.807, 2.05) is 37.3 Å². The molecule has 2 N–H and O–H groups in total. The lowest BCUT2D eigenvalue weighted by molar-refractivity contribution is -0.117. The van der Waals surface area contributed by atoms with Gasteiger partial charge < -0.3 is 19.5 Å². The summed E-state index contributed by atoms with van der Waals surface area (Å²) in [5, 5.41) is 2.78. The second-order valence-electron chi connectivity index (χ2n) is 7.78. The Kier molecular flexibility index (Phi) is 8.73. The van der Waals surface area contributed by atoms with Crippen molar-refractivity contribution in [2.24, 2.45) is 0 Å². The molecule has 0 saturated carbocycles. The van der Waals surface area contributed by atoms with Gasteiger partial charge in [-0.25, -0.2) is 8.42 Å². The van der Waals surface area contributed by atoms with Crippen LogP contribution in [0.3, 0.4) is 0 Å². The van der Waals surface area contributed by atoms with Crippen molar-refractivity contribution in [3.05, 3.63) is 77.9 Å². The molecule has 9 heteroatoms. The van der Waals surface area contributed by atoms with Gasteiger partial charge in [0.05, 0.1) is 25.7 Å². The zero-order valence-electron chi connectivity index (χ0n) is 20.2. The number of aryl methyl sites for hydroxylation is 1. The van der Waals surface area contributed by atoms with Gasteiger partial charge in [0.1, 0.15) is 11.8 Å². The van der Waals surface area contributed by atoms with Crippen molar-refractivity contribution in [3.8, 4) is 17.2 Å². The van der Waals surface area contributed by atoms with Crippen molar-refractivity contribution < 1.29 is 27.4 Å². The molecule has 0 saturated heterocycles. The summed E-state index contributed by atoms with van der Waals surface area (Å²) in [4.78, 5) is 13.3. The third kappa shape index (κ3) is 6.74. The van der Waals surface area contributed by atoms with Crippen molar-refractivity contribution in [2.45, 2.75) is 31.2 Å². The van der Waals surface area contributed by atoms with Gasteiger partial charge in [-0.05, 0) is 61.7 Å². The fourth-order valence-corrected chi connectivity index (χ4v) is 4.82. The Balaban J connectivity index is 1.88. The zero-order valence-corrected chi connectivity index (χ0v) is 21.0. The monoisotopic (exact) mass is 498 g/mol. The van der Waals surface area contributed by atoms with E-state index in [1.165, 1.54) is 26.4 Å². The van der Waals surface area contributed by atoms with Crippen molar-refractivity contribution in [3.63, 3.8) is 0 Å². The predicted octanol–water partition coefficient (Wildman–Crippen LogP) is 3.94. The van der Waals surface area contributed by atoms with Crippen LogP contribution in [0.15, 0.2) is 71.6 Å². The van der Waals surface area contributed by atoms with Crippen LogP contribution in [0.1, 0.15) is 18.1 Å². The third-order valence-electron chi connectivity index (χ3n) is 5.30. The van der Waals surface area contributed by atoms with Crippen LogP contribution in [0.2, 0.25) is 0 Å². The van der Waals surface area contributed by atoms with Gasteiger partial charge in [0.25, 0.3) is 0 Å². The van der Waals surface area contributed by atoms with Gasteiger partial charge in [-0.15, -0.1) is 0 Å². The second kappa shape index (κ2) is 11.7. The van der Waals surface area contributed by atoms with E-state index in [0.717, 1.165) is 5.56 Å². The first-order valence-electron chi connectivity index (χ1n) is 11.1. The lowest BCUT2D eigenvalue weighted by Gasteiger charge is -2.20. The molecule has 0 radical (unpaired) electrons. The van der Waals surface area contributed by atoms with E-state index in [9.17, 15) is 13.2 Å². The molecule has 0 aliphatic heterocycles. The number of amides is 1. The van der Waals surface area contributed by atoms with E-state index in [4.69, 9.17) is 14.2 Å². The summed E-state index contributed by atoms with van der Waals surface area (Å²) < 4.78 is 45.1. The topological polar surface area (TPSA) is 103 Å². The van der Waals surface area contributed by atoms with E-state index >= 15 is 0 Å². The van der Waals surface area contributed by atoms with Crippen LogP contribution in [-0.2, 0) is 21.2 Å². The van der Waals surface area contributed by atoms with Crippen molar-refractivity contribution in [1.29, 1.82) is 0 Å². The van der Waals surface area contributed by atoms with Crippen molar-refractivity contribution >= 4 is 21.6 Å². The van der Waals surface area contributed by atoms with E-state index in [2.05, 4.69) is 10.0 Å². The lowest BCUT2D eigenvalue weighted by atomic mass is 10.1. The highest BCUT2D eigenvalue weighted by Crippen LogP contribution is 2.30. The molecule has 1 amide bonds. The van der Waals surface area contributed by atoms with Gasteiger partial charge in [-0.2, -0.15) is 4.72 Å². The molecule has 0 aliphatic rings. The van der Waals surface area contributed by atoms with Crippen LogP contribution in [0, 0.1) is 6.92 Å². The summed E-state index contributed by atoms with van der Waals surface area (Å²) in [6.07, 6.45) is 0.162. The minimum absolute atomic E-state index is 0.0513. The first kappa shape index (κ1) is 26.1. The number of ether oxygens (including phenoxy) is 3. The number of carbonyl (C=O) groups excluding carboxylic acids is 1. The van der Waals surface area contributed by atoms with Crippen LogP contribution in [0.5, 0.6) is 17.2 Å². The van der Waals surface area contributed by atoms with Crippen LogP contribution >= 0.6 is 0 Å². The number of sulfonamides is 1. The number of anilines is 1. The molecule has 0 fully saturated rings. The SMILES string of the molecule is CCOc1ccc(S(=O)(=O)N[C@@H](Cc2ccccc2)C(=O)Nc2ccc(OC)c(OC)c2)cc1C. The highest BCUT2D eigenvalue weighted by molar-refractivity contribution is 7.89. The van der Waals surface area contributed by atoms with E-state index in [1.54, 1.807) is 31.2 Å². The molecule has 3 rings (SSSR count). The molecule has 3 aromatic carbocycles. The van der Waals surface area contributed by atoms with Crippen molar-refractivity contribution in [1.82, 2.24) is 4.72 Å². The Hall–Kier alpha value is -3.56. The normalized spacial score (nSPS) is 12.0. The fraction of sp³-hybridized carbons (Fsp3) is 0.269. The number of hydrogen-bond donors (Lipinski definition) is 2. The maximum atomic E-state index is 13.3. The summed E-state index contributed by atoms with van der Waals surface area (Å²) in [6, 6.07) is 17.7. The maximum Gasteiger partial charge on any atom is 0.242 e. The lowest BCUT2D eigenvalue weighted by Crippen LogP contribution is -2.45. The number of nitrogens with one attached hydrogen (secondary N) is 2. The molecule has 0 aliphatic carbocycles. The predicted molar refractivity (Wildman–Crippen MR) is 135 cm³/mol. The number of benzene rings is 3. The van der Waals surface area contributed by atoms with E-state index in [0.29, 0.717) is 35.1 Å². The molecule has 0 bridgehead atoms. The highest BCUT2D eigenvalue weighted by atomic mass is 32.2. The first-order valence-corrected chi connectivity index (χ1v) is 12.6. The van der Waals surface area contributed by atoms with Gasteiger partial charge in [0, 0.05) is 11.8 Å². The maximum absolute atomic E-state index is 13.3. The van der Waals surface area contributed by atoms with Gasteiger partial charge in [-0.1, -0.05) is 30.3 Å². The third-order valence-corrected chi connectivity index (χ3v) is 6.77. The molecule has 3 aromatic rings. The Bertz CT molecular complexity index is 1260. The molecular weight excluding hydrogens is 468 g/mol. The Morgan fingerprint density at radius 3 is 2.23 bits per heavy atom. The Labute approximate surface area is 206 Å². The quantitative estimate of drug-likeness (QED) is 0.415. The Morgan fingerprint density at radius 2 is 1.60 bits per heavy atom. The molecule has 0 spiro atoms. The minimum atomic E-state index is -4.01. The summed E-state index contributed by atoms with van der Waals surface area (Å²) in [7, 11) is -0.994. The molecule has 1 atom stereocenters. The number of carbonyl (C=O) groups is 1. The summed E-state index contributed by atoms with van der Waals surface area (Å²) >= 11 is 0. The average Bonchev–Trinajstić information content (AvgIpc) is 2.85.